The SMILES string of the molecule is COc1ccc(CN2CCNC(=O)[C@@H]2CC(=O)NCc2cnc(C)cn2)c(F)c1. The van der Waals surface area contributed by atoms with Crippen LogP contribution in [0.3, 0.4) is 0 Å². The molecular weight excluding hydrogens is 377 g/mol. The Hall–Kier alpha value is -3.07. The molecule has 1 aromatic carbocycles. The molecule has 1 aliphatic heterocycles. The summed E-state index contributed by atoms with van der Waals surface area (Å²) >= 11 is 0. The van der Waals surface area contributed by atoms with E-state index < -0.39 is 11.9 Å². The Morgan fingerprint density at radius 1 is 1.38 bits per heavy atom. The van der Waals surface area contributed by atoms with Crippen LogP contribution in [0.5, 0.6) is 5.75 Å². The van der Waals surface area contributed by atoms with E-state index in [4.69, 9.17) is 4.74 Å². The van der Waals surface area contributed by atoms with Crippen LogP contribution in [0.15, 0.2) is 30.6 Å². The molecule has 0 radical (unpaired) electrons. The van der Waals surface area contributed by atoms with Gasteiger partial charge < -0.3 is 15.4 Å². The lowest BCUT2D eigenvalue weighted by Gasteiger charge is -2.34. The van der Waals surface area contributed by atoms with E-state index in [1.54, 1.807) is 24.5 Å². The van der Waals surface area contributed by atoms with Crippen LogP contribution in [0.25, 0.3) is 0 Å². The molecule has 1 atom stereocenters. The first-order valence-corrected chi connectivity index (χ1v) is 9.34. The summed E-state index contributed by atoms with van der Waals surface area (Å²) in [4.78, 5) is 34.9. The normalized spacial score (nSPS) is 16.9. The minimum atomic E-state index is -0.672. The predicted octanol–water partition coefficient (Wildman–Crippen LogP) is 0.940. The number of nitrogens with one attached hydrogen (secondary N) is 2. The van der Waals surface area contributed by atoms with E-state index in [-0.39, 0.29) is 31.3 Å². The number of methoxy groups -OCH3 is 1. The quantitative estimate of drug-likeness (QED) is 0.717. The summed E-state index contributed by atoms with van der Waals surface area (Å²) in [7, 11) is 1.47. The van der Waals surface area contributed by atoms with E-state index in [0.29, 0.717) is 30.1 Å². The van der Waals surface area contributed by atoms with Crippen LogP contribution < -0.4 is 15.4 Å². The Balaban J connectivity index is 1.62. The molecule has 1 aromatic heterocycles. The second kappa shape index (κ2) is 9.42. The van der Waals surface area contributed by atoms with Crippen molar-refractivity contribution < 1.29 is 18.7 Å². The maximum atomic E-state index is 14.3. The van der Waals surface area contributed by atoms with Crippen LogP contribution >= 0.6 is 0 Å². The monoisotopic (exact) mass is 401 g/mol. The van der Waals surface area contributed by atoms with Crippen LogP contribution in [-0.4, -0.2) is 52.9 Å². The number of aromatic nitrogens is 2. The fourth-order valence-electron chi connectivity index (χ4n) is 3.12. The summed E-state index contributed by atoms with van der Waals surface area (Å²) < 4.78 is 19.3. The lowest BCUT2D eigenvalue weighted by atomic mass is 10.1. The molecule has 154 valence electrons. The molecule has 1 aliphatic rings. The zero-order valence-electron chi connectivity index (χ0n) is 16.4. The van der Waals surface area contributed by atoms with E-state index in [1.165, 1.54) is 13.2 Å². The van der Waals surface area contributed by atoms with Crippen molar-refractivity contribution in [2.75, 3.05) is 20.2 Å². The number of amides is 2. The molecule has 9 heteroatoms. The minimum Gasteiger partial charge on any atom is -0.497 e. The first kappa shape index (κ1) is 20.7. The molecule has 1 saturated heterocycles. The number of hydrogen-bond acceptors (Lipinski definition) is 6. The maximum absolute atomic E-state index is 14.3. The van der Waals surface area contributed by atoms with Gasteiger partial charge >= 0.3 is 0 Å². The van der Waals surface area contributed by atoms with Gasteiger partial charge in [-0.15, -0.1) is 0 Å². The molecular formula is C20H24FN5O3. The number of halogens is 1. The van der Waals surface area contributed by atoms with Gasteiger partial charge in [0, 0.05) is 37.5 Å². The van der Waals surface area contributed by atoms with Gasteiger partial charge in [0.15, 0.2) is 0 Å². The molecule has 0 spiro atoms. The Kier molecular flexibility index (Phi) is 6.71. The number of aryl methyl sites for hydroxylation is 1. The predicted molar refractivity (Wildman–Crippen MR) is 103 cm³/mol. The van der Waals surface area contributed by atoms with Crippen LogP contribution in [-0.2, 0) is 22.7 Å². The second-order valence-electron chi connectivity index (χ2n) is 6.86. The summed E-state index contributed by atoms with van der Waals surface area (Å²) in [6, 6.07) is 3.94. The first-order chi connectivity index (χ1) is 14.0. The van der Waals surface area contributed by atoms with E-state index >= 15 is 0 Å². The lowest BCUT2D eigenvalue weighted by Crippen LogP contribution is -2.56. The average molecular weight is 401 g/mol. The van der Waals surface area contributed by atoms with Gasteiger partial charge in [-0.2, -0.15) is 0 Å². The number of piperazine rings is 1. The van der Waals surface area contributed by atoms with Crippen LogP contribution in [0.4, 0.5) is 4.39 Å². The van der Waals surface area contributed by atoms with Crippen molar-refractivity contribution in [3.05, 3.63) is 53.4 Å². The minimum absolute atomic E-state index is 0.0249. The molecule has 2 heterocycles. The molecule has 3 rings (SSSR count). The number of nitrogens with zero attached hydrogens (tertiary/aromatic N) is 3. The number of hydrogen-bond donors (Lipinski definition) is 2. The second-order valence-corrected chi connectivity index (χ2v) is 6.86. The molecule has 0 unspecified atom stereocenters. The fraction of sp³-hybridized carbons (Fsp3) is 0.400. The third-order valence-electron chi connectivity index (χ3n) is 4.76. The maximum Gasteiger partial charge on any atom is 0.237 e. The average Bonchev–Trinajstić information content (AvgIpc) is 2.71. The van der Waals surface area contributed by atoms with E-state index in [2.05, 4.69) is 20.6 Å². The zero-order valence-corrected chi connectivity index (χ0v) is 16.4. The molecule has 2 N–H and O–H groups in total. The third-order valence-corrected chi connectivity index (χ3v) is 4.76. The van der Waals surface area contributed by atoms with Gasteiger partial charge in [0.2, 0.25) is 11.8 Å². The van der Waals surface area contributed by atoms with Gasteiger partial charge in [-0.25, -0.2) is 4.39 Å². The third kappa shape index (κ3) is 5.47. The topological polar surface area (TPSA) is 96.5 Å². The van der Waals surface area contributed by atoms with Gasteiger partial charge in [-0.1, -0.05) is 6.07 Å². The number of carbonyl (C=O) groups excluding carboxylic acids is 2. The standard InChI is InChI=1S/C20H24FN5O3/c1-13-9-24-15(10-23-13)11-25-19(27)8-18-20(28)22-5-6-26(18)12-14-3-4-16(29-2)7-17(14)21/h3-4,7,9-10,18H,5-6,8,11-12H2,1-2H3,(H,22,28)(H,25,27)/t18-/m0/s1. The Bertz CT molecular complexity index is 875. The van der Waals surface area contributed by atoms with E-state index in [9.17, 15) is 14.0 Å². The lowest BCUT2D eigenvalue weighted by molar-refractivity contribution is -0.134. The molecule has 0 saturated carbocycles. The Labute approximate surface area is 168 Å². The Morgan fingerprint density at radius 2 is 2.21 bits per heavy atom. The highest BCUT2D eigenvalue weighted by molar-refractivity contribution is 5.88. The summed E-state index contributed by atoms with van der Waals surface area (Å²) in [6.07, 6.45) is 3.20. The highest BCUT2D eigenvalue weighted by atomic mass is 19.1. The van der Waals surface area contributed by atoms with E-state index in [0.717, 1.165) is 5.69 Å². The summed E-state index contributed by atoms with van der Waals surface area (Å²) in [6.45, 7) is 3.27. The summed E-state index contributed by atoms with van der Waals surface area (Å²) in [5.74, 6) is -0.501. The van der Waals surface area contributed by atoms with Gasteiger partial charge in [0.1, 0.15) is 11.6 Å². The van der Waals surface area contributed by atoms with E-state index in [1.807, 2.05) is 11.8 Å². The zero-order chi connectivity index (χ0) is 20.8. The summed E-state index contributed by atoms with van der Waals surface area (Å²) in [5, 5.41) is 5.53. The summed E-state index contributed by atoms with van der Waals surface area (Å²) in [5.41, 5.74) is 1.87. The Morgan fingerprint density at radius 3 is 2.90 bits per heavy atom. The van der Waals surface area contributed by atoms with Gasteiger partial charge in [0.25, 0.3) is 0 Å². The number of ether oxygens (including phenoxy) is 1. The van der Waals surface area contributed by atoms with Gasteiger partial charge in [-0.05, 0) is 13.0 Å². The molecule has 0 bridgehead atoms. The van der Waals surface area contributed by atoms with Crippen LogP contribution in [0.2, 0.25) is 0 Å². The van der Waals surface area contributed by atoms with Gasteiger partial charge in [0.05, 0.1) is 43.7 Å². The van der Waals surface area contributed by atoms with Crippen molar-refractivity contribution in [3.8, 4) is 5.75 Å². The largest absolute Gasteiger partial charge is 0.497 e. The molecule has 29 heavy (non-hydrogen) atoms. The molecule has 0 aliphatic carbocycles. The molecule has 2 amide bonds. The first-order valence-electron chi connectivity index (χ1n) is 9.34. The van der Waals surface area contributed by atoms with Crippen molar-refractivity contribution in [3.63, 3.8) is 0 Å². The number of benzene rings is 1. The van der Waals surface area contributed by atoms with Crippen molar-refractivity contribution in [1.82, 2.24) is 25.5 Å². The van der Waals surface area contributed by atoms with Crippen molar-refractivity contribution >= 4 is 11.8 Å². The van der Waals surface area contributed by atoms with Gasteiger partial charge in [-0.3, -0.25) is 24.5 Å². The highest BCUT2D eigenvalue weighted by Gasteiger charge is 2.32. The molecule has 8 nitrogen and oxygen atoms in total. The van der Waals surface area contributed by atoms with Crippen LogP contribution in [0, 0.1) is 12.7 Å². The number of carbonyl (C=O) groups is 2. The van der Waals surface area contributed by atoms with Crippen molar-refractivity contribution in [1.29, 1.82) is 0 Å². The number of rotatable bonds is 7. The fourth-order valence-corrected chi connectivity index (χ4v) is 3.12. The molecule has 1 fully saturated rings. The van der Waals surface area contributed by atoms with Crippen molar-refractivity contribution in [2.45, 2.75) is 32.5 Å². The molecule has 2 aromatic rings. The van der Waals surface area contributed by atoms with Crippen molar-refractivity contribution in [2.24, 2.45) is 0 Å². The highest BCUT2D eigenvalue weighted by Crippen LogP contribution is 2.20. The smallest absolute Gasteiger partial charge is 0.237 e. The van der Waals surface area contributed by atoms with Crippen LogP contribution in [0.1, 0.15) is 23.4 Å².